The molecule has 0 amide bonds. The van der Waals surface area contributed by atoms with E-state index >= 15 is 0 Å². The highest BCUT2D eigenvalue weighted by atomic mass is 16.5. The van der Waals surface area contributed by atoms with Gasteiger partial charge >= 0.3 is 0 Å². The van der Waals surface area contributed by atoms with Gasteiger partial charge < -0.3 is 19.6 Å². The summed E-state index contributed by atoms with van der Waals surface area (Å²) >= 11 is 0. The lowest BCUT2D eigenvalue weighted by atomic mass is 10.2. The number of furan rings is 1. The molecule has 1 unspecified atom stereocenters. The second kappa shape index (κ2) is 5.31. The van der Waals surface area contributed by atoms with Crippen molar-refractivity contribution < 1.29 is 8.94 Å². The first-order valence-electron chi connectivity index (χ1n) is 6.77. The van der Waals surface area contributed by atoms with Crippen molar-refractivity contribution in [3.05, 3.63) is 35.7 Å². The maximum Gasteiger partial charge on any atom is 0.293 e. The molecule has 0 fully saturated rings. The summed E-state index contributed by atoms with van der Waals surface area (Å²) in [5.74, 6) is 1.40. The van der Waals surface area contributed by atoms with Crippen LogP contribution < -0.4 is 5.73 Å². The van der Waals surface area contributed by atoms with Crippen molar-refractivity contribution in [3.8, 4) is 11.7 Å². The summed E-state index contributed by atoms with van der Waals surface area (Å²) in [6.07, 6.45) is 0. The number of aromatic nitrogens is 2. The Bertz CT molecular complexity index is 760. The van der Waals surface area contributed by atoms with Gasteiger partial charge in [-0.2, -0.15) is 4.98 Å². The second-order valence-electron chi connectivity index (χ2n) is 5.48. The fourth-order valence-electron chi connectivity index (χ4n) is 2.23. The molecule has 3 aromatic rings. The number of nitrogens with two attached hydrogens (primary N) is 1. The number of hydrogen-bond acceptors (Lipinski definition) is 6. The average molecular weight is 286 g/mol. The van der Waals surface area contributed by atoms with Gasteiger partial charge in [-0.25, -0.2) is 0 Å². The van der Waals surface area contributed by atoms with Crippen LogP contribution in [0.25, 0.3) is 22.6 Å². The molecule has 1 atom stereocenters. The molecule has 0 bridgehead atoms. The minimum absolute atomic E-state index is 0.288. The molecule has 0 aliphatic rings. The first-order valence-corrected chi connectivity index (χ1v) is 6.77. The molecule has 0 saturated carbocycles. The molecule has 2 heterocycles. The Morgan fingerprint density at radius 3 is 2.86 bits per heavy atom. The molecule has 1 aromatic carbocycles. The molecule has 110 valence electrons. The summed E-state index contributed by atoms with van der Waals surface area (Å²) < 4.78 is 11.0. The van der Waals surface area contributed by atoms with Gasteiger partial charge in [0.2, 0.25) is 0 Å². The standard InChI is InChI=1S/C15H18N4O2/c1-9-4-5-12-10(6-9)7-13(20-12)15-17-14(18-21-15)11(16)8-19(2)3/h4-7,11H,8,16H2,1-3H3. The molecule has 0 spiro atoms. The average Bonchev–Trinajstić information content (AvgIpc) is 3.03. The smallest absolute Gasteiger partial charge is 0.293 e. The largest absolute Gasteiger partial charge is 0.451 e. The van der Waals surface area contributed by atoms with Crippen LogP contribution in [0.2, 0.25) is 0 Å². The third-order valence-electron chi connectivity index (χ3n) is 3.22. The van der Waals surface area contributed by atoms with Crippen molar-refractivity contribution >= 4 is 11.0 Å². The maximum absolute atomic E-state index is 6.03. The van der Waals surface area contributed by atoms with E-state index in [9.17, 15) is 0 Å². The van der Waals surface area contributed by atoms with Gasteiger partial charge in [-0.05, 0) is 39.2 Å². The van der Waals surface area contributed by atoms with Gasteiger partial charge in [0.15, 0.2) is 11.6 Å². The Hall–Kier alpha value is -2.18. The lowest BCUT2D eigenvalue weighted by molar-refractivity contribution is 0.356. The van der Waals surface area contributed by atoms with Gasteiger partial charge in [-0.3, -0.25) is 0 Å². The maximum atomic E-state index is 6.03. The zero-order valence-electron chi connectivity index (χ0n) is 12.3. The van der Waals surface area contributed by atoms with Gasteiger partial charge in [-0.15, -0.1) is 0 Å². The van der Waals surface area contributed by atoms with Crippen LogP contribution in [-0.2, 0) is 0 Å². The minimum atomic E-state index is -0.288. The molecular formula is C15H18N4O2. The third kappa shape index (κ3) is 2.81. The van der Waals surface area contributed by atoms with Crippen LogP contribution in [0.3, 0.4) is 0 Å². The first kappa shape index (κ1) is 13.8. The molecule has 6 heteroatoms. The fourth-order valence-corrected chi connectivity index (χ4v) is 2.23. The molecule has 0 radical (unpaired) electrons. The quantitative estimate of drug-likeness (QED) is 0.793. The number of likely N-dealkylation sites (N-methyl/N-ethyl adjacent to an activating group) is 1. The lowest BCUT2D eigenvalue weighted by Crippen LogP contribution is -2.26. The summed E-state index contributed by atoms with van der Waals surface area (Å²) in [4.78, 5) is 6.30. The minimum Gasteiger partial charge on any atom is -0.451 e. The van der Waals surface area contributed by atoms with E-state index in [0.29, 0.717) is 24.0 Å². The normalized spacial score (nSPS) is 13.2. The zero-order chi connectivity index (χ0) is 15.0. The van der Waals surface area contributed by atoms with E-state index in [1.165, 1.54) is 5.56 Å². The van der Waals surface area contributed by atoms with E-state index in [1.54, 1.807) is 0 Å². The Morgan fingerprint density at radius 1 is 1.29 bits per heavy atom. The Labute approximate surface area is 122 Å². The highest BCUT2D eigenvalue weighted by Gasteiger charge is 2.18. The van der Waals surface area contributed by atoms with Crippen LogP contribution >= 0.6 is 0 Å². The number of fused-ring (bicyclic) bond motifs is 1. The van der Waals surface area contributed by atoms with Crippen molar-refractivity contribution in [3.63, 3.8) is 0 Å². The van der Waals surface area contributed by atoms with Crippen molar-refractivity contribution in [2.75, 3.05) is 20.6 Å². The van der Waals surface area contributed by atoms with Crippen molar-refractivity contribution in [1.82, 2.24) is 15.0 Å². The van der Waals surface area contributed by atoms with Gasteiger partial charge in [0.1, 0.15) is 5.58 Å². The van der Waals surface area contributed by atoms with Crippen LogP contribution in [0.1, 0.15) is 17.4 Å². The summed E-state index contributed by atoms with van der Waals surface area (Å²) in [6.45, 7) is 2.69. The topological polar surface area (TPSA) is 81.3 Å². The van der Waals surface area contributed by atoms with Crippen molar-refractivity contribution in [1.29, 1.82) is 0 Å². The molecular weight excluding hydrogens is 268 g/mol. The van der Waals surface area contributed by atoms with Gasteiger partial charge in [0, 0.05) is 11.9 Å². The van der Waals surface area contributed by atoms with Crippen molar-refractivity contribution in [2.45, 2.75) is 13.0 Å². The Morgan fingerprint density at radius 2 is 2.10 bits per heavy atom. The first-order chi connectivity index (χ1) is 10.0. The third-order valence-corrected chi connectivity index (χ3v) is 3.22. The van der Waals surface area contributed by atoms with Gasteiger partial charge in [-0.1, -0.05) is 16.8 Å². The van der Waals surface area contributed by atoms with E-state index < -0.39 is 0 Å². The van der Waals surface area contributed by atoms with E-state index in [2.05, 4.69) is 16.2 Å². The summed E-state index contributed by atoms with van der Waals surface area (Å²) in [5.41, 5.74) is 8.00. The van der Waals surface area contributed by atoms with Crippen molar-refractivity contribution in [2.24, 2.45) is 5.73 Å². The summed E-state index contributed by atoms with van der Waals surface area (Å²) in [7, 11) is 3.89. The van der Waals surface area contributed by atoms with Crippen LogP contribution in [0, 0.1) is 6.92 Å². The molecule has 6 nitrogen and oxygen atoms in total. The van der Waals surface area contributed by atoms with E-state index in [4.69, 9.17) is 14.7 Å². The summed E-state index contributed by atoms with van der Waals surface area (Å²) in [6, 6.07) is 7.60. The molecule has 3 rings (SSSR count). The predicted molar refractivity (Wildman–Crippen MR) is 79.7 cm³/mol. The fraction of sp³-hybridized carbons (Fsp3) is 0.333. The molecule has 2 aromatic heterocycles. The number of benzene rings is 1. The highest BCUT2D eigenvalue weighted by Crippen LogP contribution is 2.27. The zero-order valence-corrected chi connectivity index (χ0v) is 12.3. The molecule has 21 heavy (non-hydrogen) atoms. The van der Waals surface area contributed by atoms with Crippen LogP contribution in [0.4, 0.5) is 0 Å². The Balaban J connectivity index is 1.90. The molecule has 2 N–H and O–H groups in total. The lowest BCUT2D eigenvalue weighted by Gasteiger charge is -2.12. The van der Waals surface area contributed by atoms with E-state index in [-0.39, 0.29) is 6.04 Å². The van der Waals surface area contributed by atoms with E-state index in [0.717, 1.165) is 11.0 Å². The summed E-state index contributed by atoms with van der Waals surface area (Å²) in [5, 5.41) is 4.95. The van der Waals surface area contributed by atoms with Crippen LogP contribution in [-0.4, -0.2) is 35.7 Å². The van der Waals surface area contributed by atoms with E-state index in [1.807, 2.05) is 44.1 Å². The van der Waals surface area contributed by atoms with Crippen LogP contribution in [0.15, 0.2) is 33.2 Å². The number of aryl methyl sites for hydroxylation is 1. The molecule has 0 saturated heterocycles. The number of rotatable bonds is 4. The number of nitrogens with zero attached hydrogens (tertiary/aromatic N) is 3. The monoisotopic (exact) mass is 286 g/mol. The van der Waals surface area contributed by atoms with Gasteiger partial charge in [0.25, 0.3) is 5.89 Å². The SMILES string of the molecule is Cc1ccc2oc(-c3nc(C(N)CN(C)C)no3)cc2c1. The molecule has 0 aliphatic carbocycles. The molecule has 0 aliphatic heterocycles. The second-order valence-corrected chi connectivity index (χ2v) is 5.48. The Kier molecular flexibility index (Phi) is 3.48. The van der Waals surface area contributed by atoms with Gasteiger partial charge in [0.05, 0.1) is 6.04 Å². The number of hydrogen-bond donors (Lipinski definition) is 1. The van der Waals surface area contributed by atoms with Crippen LogP contribution in [0.5, 0.6) is 0 Å². The highest BCUT2D eigenvalue weighted by molar-refractivity contribution is 5.82. The predicted octanol–water partition coefficient (Wildman–Crippen LogP) is 2.35.